The molecule has 29 heavy (non-hydrogen) atoms. The number of ether oxygens (including phenoxy) is 2. The molecule has 0 saturated carbocycles. The van der Waals surface area contributed by atoms with E-state index in [2.05, 4.69) is 0 Å². The van der Waals surface area contributed by atoms with Crippen LogP contribution in [0.5, 0.6) is 0 Å². The fourth-order valence-corrected chi connectivity index (χ4v) is 1.88. The molecule has 0 unspecified atom stereocenters. The Kier molecular flexibility index (Phi) is 9.27. The van der Waals surface area contributed by atoms with Crippen LogP contribution in [0.4, 0.5) is 0 Å². The van der Waals surface area contributed by atoms with Crippen LogP contribution in [0.1, 0.15) is 34.8 Å². The average Bonchev–Trinajstić information content (AvgIpc) is 2.60. The maximum absolute atomic E-state index is 11.9. The Labute approximate surface area is 188 Å². The maximum atomic E-state index is 11.9. The summed E-state index contributed by atoms with van der Waals surface area (Å²) in [7, 11) is 25.0. The molecule has 0 atom stereocenters. The first-order chi connectivity index (χ1) is 13.1. The van der Waals surface area contributed by atoms with Gasteiger partial charge in [0, 0.05) is 0 Å². The monoisotopic (exact) mass is 632 g/mol. The van der Waals surface area contributed by atoms with Gasteiger partial charge in [0.15, 0.2) is 0 Å². The van der Waals surface area contributed by atoms with Crippen molar-refractivity contribution in [1.29, 1.82) is 0 Å². The topological polar surface area (TPSA) is 63.9 Å². The summed E-state index contributed by atoms with van der Waals surface area (Å²) < 4.78 is 15.5. The normalized spacial score (nSPS) is 13.2. The minimum absolute atomic E-state index is 0.0359. The number of rotatable bonds is 5. The van der Waals surface area contributed by atoms with Gasteiger partial charge in [-0.05, 0) is 26.0 Å². The first-order valence-corrected chi connectivity index (χ1v) is 27.4. The Morgan fingerprint density at radius 3 is 1.83 bits per heavy atom. The average molecular weight is 636 g/mol. The molecule has 0 saturated heterocycles. The van der Waals surface area contributed by atoms with E-state index in [1.165, 1.54) is 6.07 Å². The molecule has 0 radical (unpaired) electrons. The van der Waals surface area contributed by atoms with Crippen LogP contribution in [0.3, 0.4) is 0 Å². The van der Waals surface area contributed by atoms with Crippen molar-refractivity contribution in [2.45, 2.75) is 13.8 Å². The fourth-order valence-electron chi connectivity index (χ4n) is 1.88. The zero-order chi connectivity index (χ0) is 22.4. The van der Waals surface area contributed by atoms with Crippen molar-refractivity contribution in [2.24, 2.45) is 0 Å². The number of halogens is 6. The molecule has 1 aromatic heterocycles. The molecule has 0 bridgehead atoms. The van der Waals surface area contributed by atoms with Gasteiger partial charge >= 0.3 is 85.6 Å². The van der Waals surface area contributed by atoms with Crippen molar-refractivity contribution >= 4 is 74.1 Å². The van der Waals surface area contributed by atoms with E-state index in [0.29, 0.717) is 5.76 Å². The van der Waals surface area contributed by atoms with Gasteiger partial charge in [0.25, 0.3) is 0 Å². The van der Waals surface area contributed by atoms with Crippen molar-refractivity contribution in [3.63, 3.8) is 0 Å². The summed E-state index contributed by atoms with van der Waals surface area (Å²) in [5.41, 5.74) is 0.995. The van der Waals surface area contributed by atoms with Gasteiger partial charge in [-0.3, -0.25) is 0 Å². The minimum atomic E-state index is -5.42. The standard InChI is InChI=1S/C17H17O5.6ClH.Sb/c1-3-20-16(18)13-10-14(12-8-6-5-7-9-12)22-15(11-13)17(19)21-4-2;;;;;;;/h5-11H,3-4H2,1-2H3;6*1H;/q+1;;;;;;;+5/p-6. The predicted octanol–water partition coefficient (Wildman–Crippen LogP) is 7.34. The molecular formula is C17H17Cl6O5Sb. The molecule has 0 N–H and O–H groups in total. The van der Waals surface area contributed by atoms with E-state index in [0.717, 1.165) is 5.56 Å². The Bertz CT molecular complexity index is 822. The predicted molar refractivity (Wildman–Crippen MR) is 121 cm³/mol. The van der Waals surface area contributed by atoms with Gasteiger partial charge in [0.1, 0.15) is 0 Å². The Balaban J connectivity index is 0.000000516. The second kappa shape index (κ2) is 9.99. The molecule has 0 aliphatic heterocycles. The van der Waals surface area contributed by atoms with Gasteiger partial charge in [0.05, 0.1) is 36.5 Å². The number of hydrogen-bond acceptors (Lipinski definition) is 4. The van der Waals surface area contributed by atoms with Crippen LogP contribution >= 0.6 is 53.0 Å². The van der Waals surface area contributed by atoms with Crippen molar-refractivity contribution in [3.8, 4) is 11.3 Å². The molecule has 0 aliphatic rings. The van der Waals surface area contributed by atoms with Crippen LogP contribution in [0.2, 0.25) is 0 Å². The third-order valence-electron chi connectivity index (χ3n) is 2.84. The summed E-state index contributed by atoms with van der Waals surface area (Å²) in [6.07, 6.45) is 0. The molecule has 1 heterocycles. The van der Waals surface area contributed by atoms with Crippen LogP contribution in [-0.4, -0.2) is 34.3 Å². The number of esters is 2. The number of carbonyl (C=O) groups is 2. The number of carbonyl (C=O) groups excluding carboxylic acids is 2. The van der Waals surface area contributed by atoms with Gasteiger partial charge in [0.2, 0.25) is 0 Å². The van der Waals surface area contributed by atoms with E-state index in [4.69, 9.17) is 66.9 Å². The van der Waals surface area contributed by atoms with Gasteiger partial charge < -0.3 is 9.47 Å². The number of hydrogen-bond donors (Lipinski definition) is 0. The van der Waals surface area contributed by atoms with Crippen LogP contribution in [-0.2, 0) is 9.47 Å². The summed E-state index contributed by atoms with van der Waals surface area (Å²) in [5.74, 6) is -0.771. The summed E-state index contributed by atoms with van der Waals surface area (Å²) in [4.78, 5) is 23.8. The molecule has 162 valence electrons. The molecule has 1 aromatic carbocycles. The summed E-state index contributed by atoms with van der Waals surface area (Å²) in [6, 6.07) is 12.1. The second-order valence-corrected chi connectivity index (χ2v) is 62.2. The molecule has 5 nitrogen and oxygen atoms in total. The SMILES string of the molecule is CCOC(=O)c1cc(C(=O)OCC)[o+]c(-c2ccccc2)c1.[Cl][Sb-]([Cl])([Cl])([Cl])([Cl])[Cl]. The van der Waals surface area contributed by atoms with E-state index in [1.54, 1.807) is 19.9 Å². The van der Waals surface area contributed by atoms with Gasteiger partial charge in [-0.1, -0.05) is 18.2 Å². The zero-order valence-electron chi connectivity index (χ0n) is 15.2. The first kappa shape index (κ1) is 26.9. The van der Waals surface area contributed by atoms with E-state index >= 15 is 0 Å². The quantitative estimate of drug-likeness (QED) is 0.196. The molecule has 0 aliphatic carbocycles. The van der Waals surface area contributed by atoms with Gasteiger partial charge in [-0.15, -0.1) is 0 Å². The summed E-state index contributed by atoms with van der Waals surface area (Å²) >= 11 is 0. The van der Waals surface area contributed by atoms with Crippen molar-refractivity contribution < 1.29 is 23.5 Å². The Morgan fingerprint density at radius 1 is 0.862 bits per heavy atom. The van der Waals surface area contributed by atoms with Gasteiger partial charge in [-0.25, -0.2) is 9.59 Å². The van der Waals surface area contributed by atoms with E-state index < -0.39 is 21.1 Å². The zero-order valence-corrected chi connectivity index (χ0v) is 22.3. The fraction of sp³-hybridized carbons (Fsp3) is 0.235. The van der Waals surface area contributed by atoms with Crippen molar-refractivity contribution in [3.05, 3.63) is 53.8 Å². The molecular weight excluding hydrogens is 619 g/mol. The molecule has 0 fully saturated rings. The molecule has 12 heteroatoms. The first-order valence-electron chi connectivity index (χ1n) is 8.05. The second-order valence-electron chi connectivity index (χ2n) is 5.34. The Morgan fingerprint density at radius 2 is 1.34 bits per heavy atom. The van der Waals surface area contributed by atoms with Crippen LogP contribution in [0.15, 0.2) is 46.9 Å². The molecule has 0 spiro atoms. The van der Waals surface area contributed by atoms with Crippen molar-refractivity contribution in [2.75, 3.05) is 13.2 Å². The van der Waals surface area contributed by atoms with Crippen LogP contribution < -0.4 is 0 Å². The van der Waals surface area contributed by atoms with E-state index in [-0.39, 0.29) is 24.5 Å². The van der Waals surface area contributed by atoms with E-state index in [1.807, 2.05) is 30.3 Å². The van der Waals surface area contributed by atoms with Crippen LogP contribution in [0, 0.1) is 0 Å². The molecule has 0 amide bonds. The third kappa shape index (κ3) is 13.0. The Hall–Kier alpha value is -0.132. The number of benzene rings is 1. The summed E-state index contributed by atoms with van der Waals surface area (Å²) in [6.45, 7) is 3.89. The van der Waals surface area contributed by atoms with Gasteiger partial charge in [-0.2, -0.15) is 4.42 Å². The van der Waals surface area contributed by atoms with E-state index in [9.17, 15) is 9.59 Å². The van der Waals surface area contributed by atoms with Crippen molar-refractivity contribution in [1.82, 2.24) is 0 Å². The van der Waals surface area contributed by atoms with Crippen LogP contribution in [0.25, 0.3) is 11.3 Å². The molecule has 2 aromatic rings. The molecule has 2 rings (SSSR count). The third-order valence-corrected chi connectivity index (χ3v) is 2.84. The summed E-state index contributed by atoms with van der Waals surface area (Å²) in [5, 5.41) is 0.